The molecule has 0 fully saturated rings. The highest BCUT2D eigenvalue weighted by atomic mass is 16.3. The first kappa shape index (κ1) is 23.1. The third-order valence-corrected chi connectivity index (χ3v) is 6.30. The molecule has 0 saturated carbocycles. The molecule has 0 heterocycles. The Hall–Kier alpha value is -2.54. The van der Waals surface area contributed by atoms with Gasteiger partial charge in [0.15, 0.2) is 0 Å². The van der Waals surface area contributed by atoms with Gasteiger partial charge in [-0.15, -0.1) is 0 Å². The molecule has 0 spiro atoms. The Morgan fingerprint density at radius 2 is 0.710 bits per heavy atom. The molecule has 0 aliphatic rings. The standard InChI is InChI=1S/C30H38O/c1-18(2)22-12-9-13-23(19(3)4)28(22)26-16-11-17-27(30(26)31)29-24(20(5)6)14-10-15-25(29)21(7)8/h9-21,31H,1-8H3/p-1. The highest BCUT2D eigenvalue weighted by molar-refractivity contribution is 5.87. The lowest BCUT2D eigenvalue weighted by Gasteiger charge is -2.28. The molecule has 1 nitrogen and oxygen atoms in total. The van der Waals surface area contributed by atoms with Crippen molar-refractivity contribution >= 4 is 0 Å². The molecule has 164 valence electrons. The van der Waals surface area contributed by atoms with Crippen molar-refractivity contribution in [1.82, 2.24) is 0 Å². The van der Waals surface area contributed by atoms with Crippen molar-refractivity contribution in [3.63, 3.8) is 0 Å². The predicted octanol–water partition coefficient (Wildman–Crippen LogP) is 8.59. The second-order valence-electron chi connectivity index (χ2n) is 9.92. The fourth-order valence-corrected chi connectivity index (χ4v) is 4.65. The Morgan fingerprint density at radius 3 is 0.968 bits per heavy atom. The Bertz CT molecular complexity index is 920. The van der Waals surface area contributed by atoms with Crippen LogP contribution in [-0.4, -0.2) is 0 Å². The van der Waals surface area contributed by atoms with Gasteiger partial charge in [0.2, 0.25) is 0 Å². The average Bonchev–Trinajstić information content (AvgIpc) is 2.72. The van der Waals surface area contributed by atoms with Gasteiger partial charge in [-0.25, -0.2) is 0 Å². The monoisotopic (exact) mass is 413 g/mol. The summed E-state index contributed by atoms with van der Waals surface area (Å²) in [4.78, 5) is 0. The van der Waals surface area contributed by atoms with Crippen LogP contribution >= 0.6 is 0 Å². The number of para-hydroxylation sites is 1. The van der Waals surface area contributed by atoms with Crippen LogP contribution in [0.1, 0.15) is 101 Å². The van der Waals surface area contributed by atoms with E-state index in [1.807, 2.05) is 12.1 Å². The molecule has 0 aliphatic carbocycles. The van der Waals surface area contributed by atoms with Crippen molar-refractivity contribution in [2.24, 2.45) is 0 Å². The Kier molecular flexibility index (Phi) is 6.94. The summed E-state index contributed by atoms with van der Waals surface area (Å²) in [6.07, 6.45) is 0. The van der Waals surface area contributed by atoms with Crippen molar-refractivity contribution in [2.75, 3.05) is 0 Å². The molecule has 3 rings (SSSR count). The first-order valence-electron chi connectivity index (χ1n) is 11.7. The second-order valence-corrected chi connectivity index (χ2v) is 9.92. The van der Waals surface area contributed by atoms with E-state index in [0.717, 1.165) is 22.3 Å². The Labute approximate surface area is 189 Å². The molecule has 3 aromatic rings. The van der Waals surface area contributed by atoms with Crippen LogP contribution in [0.2, 0.25) is 0 Å². The predicted molar refractivity (Wildman–Crippen MR) is 133 cm³/mol. The van der Waals surface area contributed by atoms with Gasteiger partial charge in [-0.1, -0.05) is 116 Å². The summed E-state index contributed by atoms with van der Waals surface area (Å²) >= 11 is 0. The zero-order valence-electron chi connectivity index (χ0n) is 20.4. The van der Waals surface area contributed by atoms with Crippen molar-refractivity contribution in [2.45, 2.75) is 79.1 Å². The van der Waals surface area contributed by atoms with Gasteiger partial charge >= 0.3 is 0 Å². The van der Waals surface area contributed by atoms with Crippen molar-refractivity contribution in [3.05, 3.63) is 76.9 Å². The van der Waals surface area contributed by atoms with E-state index in [1.165, 1.54) is 22.3 Å². The van der Waals surface area contributed by atoms with Crippen LogP contribution in [0.15, 0.2) is 54.6 Å². The maximum atomic E-state index is 14.1. The molecular formula is C30H37O-. The van der Waals surface area contributed by atoms with Gasteiger partial charge in [-0.3, -0.25) is 0 Å². The zero-order chi connectivity index (χ0) is 22.9. The topological polar surface area (TPSA) is 23.1 Å². The number of rotatable bonds is 6. The van der Waals surface area contributed by atoms with E-state index in [0.29, 0.717) is 23.7 Å². The van der Waals surface area contributed by atoms with E-state index < -0.39 is 0 Å². The molecule has 3 aromatic carbocycles. The van der Waals surface area contributed by atoms with E-state index in [2.05, 4.69) is 97.9 Å². The number of hydrogen-bond acceptors (Lipinski definition) is 1. The number of hydrogen-bond donors (Lipinski definition) is 0. The lowest BCUT2D eigenvalue weighted by Crippen LogP contribution is -2.06. The maximum Gasteiger partial charge on any atom is -0.0121 e. The summed E-state index contributed by atoms with van der Waals surface area (Å²) in [6, 6.07) is 19.1. The summed E-state index contributed by atoms with van der Waals surface area (Å²) < 4.78 is 0. The van der Waals surface area contributed by atoms with E-state index in [4.69, 9.17) is 0 Å². The fraction of sp³-hybridized carbons (Fsp3) is 0.400. The largest absolute Gasteiger partial charge is 0.872 e. The first-order valence-corrected chi connectivity index (χ1v) is 11.7. The third-order valence-electron chi connectivity index (χ3n) is 6.30. The van der Waals surface area contributed by atoms with Gasteiger partial charge in [0, 0.05) is 0 Å². The smallest absolute Gasteiger partial charge is 0.0121 e. The van der Waals surface area contributed by atoms with Gasteiger partial charge < -0.3 is 5.11 Å². The van der Waals surface area contributed by atoms with Gasteiger partial charge in [0.25, 0.3) is 0 Å². The highest BCUT2D eigenvalue weighted by Gasteiger charge is 2.20. The first-order chi connectivity index (χ1) is 14.6. The Morgan fingerprint density at radius 1 is 0.452 bits per heavy atom. The summed E-state index contributed by atoms with van der Waals surface area (Å²) in [5.74, 6) is 1.56. The van der Waals surface area contributed by atoms with Crippen molar-refractivity contribution in [1.29, 1.82) is 0 Å². The Balaban J connectivity index is 2.38. The molecule has 0 unspecified atom stereocenters. The van der Waals surface area contributed by atoms with Gasteiger partial charge in [0.05, 0.1) is 0 Å². The van der Waals surface area contributed by atoms with Crippen LogP contribution in [0.4, 0.5) is 0 Å². The van der Waals surface area contributed by atoms with Crippen LogP contribution < -0.4 is 5.11 Å². The lowest BCUT2D eigenvalue weighted by atomic mass is 9.81. The molecule has 0 radical (unpaired) electrons. The highest BCUT2D eigenvalue weighted by Crippen LogP contribution is 2.45. The summed E-state index contributed by atoms with van der Waals surface area (Å²) in [5, 5.41) is 14.1. The summed E-state index contributed by atoms with van der Waals surface area (Å²) in [7, 11) is 0. The van der Waals surface area contributed by atoms with E-state index in [1.54, 1.807) is 0 Å². The maximum absolute atomic E-state index is 14.1. The SMILES string of the molecule is CC(C)c1cccc(C(C)C)c1-c1cccc(-c2c(C(C)C)cccc2C(C)C)c1[O-]. The average molecular weight is 414 g/mol. The van der Waals surface area contributed by atoms with Crippen LogP contribution in [0.5, 0.6) is 5.75 Å². The molecule has 1 heteroatoms. The molecular weight excluding hydrogens is 376 g/mol. The molecule has 0 aliphatic heterocycles. The van der Waals surface area contributed by atoms with Crippen LogP contribution in [-0.2, 0) is 0 Å². The minimum atomic E-state index is 0.146. The minimum Gasteiger partial charge on any atom is -0.872 e. The molecule has 0 amide bonds. The fourth-order valence-electron chi connectivity index (χ4n) is 4.65. The van der Waals surface area contributed by atoms with E-state index in [9.17, 15) is 5.11 Å². The zero-order valence-corrected chi connectivity index (χ0v) is 20.4. The van der Waals surface area contributed by atoms with Gasteiger partial charge in [-0.05, 0) is 68.2 Å². The molecule has 31 heavy (non-hydrogen) atoms. The van der Waals surface area contributed by atoms with Gasteiger partial charge in [0.1, 0.15) is 0 Å². The van der Waals surface area contributed by atoms with Crippen molar-refractivity contribution < 1.29 is 5.11 Å². The normalized spacial score (nSPS) is 11.9. The van der Waals surface area contributed by atoms with Crippen LogP contribution in [0, 0.1) is 0 Å². The molecule has 0 aromatic heterocycles. The van der Waals surface area contributed by atoms with Gasteiger partial charge in [-0.2, -0.15) is 0 Å². The van der Waals surface area contributed by atoms with Crippen LogP contribution in [0.3, 0.4) is 0 Å². The van der Waals surface area contributed by atoms with E-state index in [-0.39, 0.29) is 5.75 Å². The third kappa shape index (κ3) is 4.42. The lowest BCUT2D eigenvalue weighted by molar-refractivity contribution is -0.266. The molecule has 0 atom stereocenters. The summed E-state index contributed by atoms with van der Waals surface area (Å²) in [6.45, 7) is 17.7. The molecule has 0 bridgehead atoms. The van der Waals surface area contributed by atoms with E-state index >= 15 is 0 Å². The number of benzene rings is 3. The minimum absolute atomic E-state index is 0.146. The summed E-state index contributed by atoms with van der Waals surface area (Å²) in [5.41, 5.74) is 8.93. The second kappa shape index (κ2) is 9.30. The quantitative estimate of drug-likeness (QED) is 0.397. The van der Waals surface area contributed by atoms with Crippen LogP contribution in [0.25, 0.3) is 22.3 Å². The molecule has 0 saturated heterocycles. The van der Waals surface area contributed by atoms with Crippen molar-refractivity contribution in [3.8, 4) is 28.0 Å². The molecule has 0 N–H and O–H groups in total.